The lowest BCUT2D eigenvalue weighted by Gasteiger charge is -2.25. The molecule has 0 spiro atoms. The maximum atomic E-state index is 13.0. The van der Waals surface area contributed by atoms with Gasteiger partial charge in [-0.25, -0.2) is 8.42 Å². The molecule has 0 aliphatic rings. The molecule has 0 saturated heterocycles. The van der Waals surface area contributed by atoms with Crippen molar-refractivity contribution in [2.45, 2.75) is 25.7 Å². The number of aryl methyl sites for hydroxylation is 2. The van der Waals surface area contributed by atoms with E-state index in [-0.39, 0.29) is 9.92 Å². The molecular formula is C16H17Cl2NO2S. The summed E-state index contributed by atoms with van der Waals surface area (Å²) in [5.41, 5.74) is 2.61. The summed E-state index contributed by atoms with van der Waals surface area (Å²) in [5.74, 6) is 0. The smallest absolute Gasteiger partial charge is 0.265 e. The molecule has 3 nitrogen and oxygen atoms in total. The summed E-state index contributed by atoms with van der Waals surface area (Å²) in [6, 6.07) is 10.1. The summed E-state index contributed by atoms with van der Waals surface area (Å²) < 4.78 is 27.3. The lowest BCUT2D eigenvalue weighted by molar-refractivity contribution is 0.592. The molecule has 0 aliphatic carbocycles. The molecule has 0 unspecified atom stereocenters. The van der Waals surface area contributed by atoms with Gasteiger partial charge < -0.3 is 0 Å². The Morgan fingerprint density at radius 3 is 2.32 bits per heavy atom. The van der Waals surface area contributed by atoms with Gasteiger partial charge in [-0.05, 0) is 50.6 Å². The summed E-state index contributed by atoms with van der Waals surface area (Å²) in [4.78, 5) is 0.0171. The van der Waals surface area contributed by atoms with Gasteiger partial charge in [0.1, 0.15) is 4.90 Å². The molecule has 0 aromatic heterocycles. The molecule has 22 heavy (non-hydrogen) atoms. The molecule has 2 aromatic rings. The van der Waals surface area contributed by atoms with Crippen molar-refractivity contribution in [2.75, 3.05) is 10.8 Å². The molecule has 6 heteroatoms. The van der Waals surface area contributed by atoms with Crippen molar-refractivity contribution in [3.05, 3.63) is 57.6 Å². The van der Waals surface area contributed by atoms with Gasteiger partial charge in [0.15, 0.2) is 0 Å². The summed E-state index contributed by atoms with van der Waals surface area (Å²) >= 11 is 12.0. The van der Waals surface area contributed by atoms with Gasteiger partial charge >= 0.3 is 0 Å². The zero-order chi connectivity index (χ0) is 16.5. The first-order chi connectivity index (χ1) is 10.3. The molecule has 0 bridgehead atoms. The molecule has 0 atom stereocenters. The number of hydrogen-bond acceptors (Lipinski definition) is 2. The second-order valence-electron chi connectivity index (χ2n) is 5.03. The quantitative estimate of drug-likeness (QED) is 0.785. The summed E-state index contributed by atoms with van der Waals surface area (Å²) in [7, 11) is -3.78. The molecule has 0 amide bonds. The first-order valence-electron chi connectivity index (χ1n) is 6.82. The van der Waals surface area contributed by atoms with Crippen LogP contribution in [0, 0.1) is 13.8 Å². The Labute approximate surface area is 141 Å². The van der Waals surface area contributed by atoms with Gasteiger partial charge in [0.05, 0.1) is 10.7 Å². The molecule has 0 radical (unpaired) electrons. The van der Waals surface area contributed by atoms with E-state index in [1.54, 1.807) is 13.0 Å². The van der Waals surface area contributed by atoms with Gasteiger partial charge in [0, 0.05) is 11.6 Å². The first-order valence-corrected chi connectivity index (χ1v) is 9.02. The maximum absolute atomic E-state index is 13.0. The number of rotatable bonds is 4. The number of hydrogen-bond donors (Lipinski definition) is 0. The van der Waals surface area contributed by atoms with E-state index in [9.17, 15) is 8.42 Å². The predicted molar refractivity (Wildman–Crippen MR) is 92.6 cm³/mol. The minimum absolute atomic E-state index is 0.0171. The Balaban J connectivity index is 2.61. The van der Waals surface area contributed by atoms with E-state index < -0.39 is 10.0 Å². The molecule has 0 fully saturated rings. The van der Waals surface area contributed by atoms with Crippen molar-refractivity contribution >= 4 is 38.9 Å². The van der Waals surface area contributed by atoms with Crippen molar-refractivity contribution in [2.24, 2.45) is 0 Å². The number of sulfonamides is 1. The van der Waals surface area contributed by atoms with Crippen molar-refractivity contribution in [3.8, 4) is 0 Å². The maximum Gasteiger partial charge on any atom is 0.265 e. The minimum Gasteiger partial charge on any atom is -0.266 e. The summed E-state index contributed by atoms with van der Waals surface area (Å²) in [6.45, 7) is 5.94. The third-order valence-electron chi connectivity index (χ3n) is 3.37. The fourth-order valence-electron chi connectivity index (χ4n) is 2.35. The second-order valence-corrected chi connectivity index (χ2v) is 7.71. The zero-order valence-electron chi connectivity index (χ0n) is 12.6. The summed E-state index contributed by atoms with van der Waals surface area (Å²) in [6.07, 6.45) is 0. The van der Waals surface area contributed by atoms with Crippen LogP contribution in [-0.4, -0.2) is 15.0 Å². The number of halogens is 2. The highest BCUT2D eigenvalue weighted by Gasteiger charge is 2.27. The van der Waals surface area contributed by atoms with Crippen LogP contribution in [0.2, 0.25) is 10.0 Å². The SMILES string of the molecule is CCN(c1ccc(C)cc1C)S(=O)(=O)c1cc(Cl)ccc1Cl. The third-order valence-corrected chi connectivity index (χ3v) is 5.97. The van der Waals surface area contributed by atoms with E-state index in [4.69, 9.17) is 23.2 Å². The lowest BCUT2D eigenvalue weighted by atomic mass is 10.1. The summed E-state index contributed by atoms with van der Waals surface area (Å²) in [5, 5.41) is 0.493. The average molecular weight is 358 g/mol. The van der Waals surface area contributed by atoms with Crippen LogP contribution >= 0.6 is 23.2 Å². The molecule has 0 N–H and O–H groups in total. The fraction of sp³-hybridized carbons (Fsp3) is 0.250. The molecule has 2 rings (SSSR count). The largest absolute Gasteiger partial charge is 0.266 e. The fourth-order valence-corrected chi connectivity index (χ4v) is 4.63. The Morgan fingerprint density at radius 2 is 1.73 bits per heavy atom. The highest BCUT2D eigenvalue weighted by molar-refractivity contribution is 7.93. The average Bonchev–Trinajstić information content (AvgIpc) is 2.44. The van der Waals surface area contributed by atoms with E-state index >= 15 is 0 Å². The normalized spacial score (nSPS) is 11.5. The van der Waals surface area contributed by atoms with Crippen LogP contribution in [0.4, 0.5) is 5.69 Å². The minimum atomic E-state index is -3.78. The second kappa shape index (κ2) is 6.49. The van der Waals surface area contributed by atoms with Crippen molar-refractivity contribution in [3.63, 3.8) is 0 Å². The van der Waals surface area contributed by atoms with E-state index in [1.165, 1.54) is 16.4 Å². The Hall–Kier alpha value is -1.23. The van der Waals surface area contributed by atoms with E-state index in [0.717, 1.165) is 11.1 Å². The van der Waals surface area contributed by atoms with E-state index in [0.29, 0.717) is 17.3 Å². The standard InChI is InChI=1S/C16H17Cl2NO2S/c1-4-19(15-8-5-11(2)9-12(15)3)22(20,21)16-10-13(17)6-7-14(16)18/h5-10H,4H2,1-3H3. The van der Waals surface area contributed by atoms with Crippen LogP contribution in [0.5, 0.6) is 0 Å². The highest BCUT2D eigenvalue weighted by atomic mass is 35.5. The number of benzene rings is 2. The van der Waals surface area contributed by atoms with Gasteiger partial charge in [-0.15, -0.1) is 0 Å². The van der Waals surface area contributed by atoms with Crippen LogP contribution in [-0.2, 0) is 10.0 Å². The Bertz CT molecular complexity index is 804. The Morgan fingerprint density at radius 1 is 1.05 bits per heavy atom. The van der Waals surface area contributed by atoms with Gasteiger partial charge in [-0.1, -0.05) is 40.9 Å². The van der Waals surface area contributed by atoms with Gasteiger partial charge in [-0.2, -0.15) is 0 Å². The highest BCUT2D eigenvalue weighted by Crippen LogP contribution is 2.32. The van der Waals surface area contributed by atoms with Gasteiger partial charge in [0.25, 0.3) is 10.0 Å². The number of nitrogens with zero attached hydrogens (tertiary/aromatic N) is 1. The van der Waals surface area contributed by atoms with Crippen LogP contribution in [0.15, 0.2) is 41.3 Å². The molecular weight excluding hydrogens is 341 g/mol. The topological polar surface area (TPSA) is 37.4 Å². The molecule has 2 aromatic carbocycles. The van der Waals surface area contributed by atoms with E-state index in [2.05, 4.69) is 0 Å². The monoisotopic (exact) mass is 357 g/mol. The van der Waals surface area contributed by atoms with Crippen LogP contribution < -0.4 is 4.31 Å². The van der Waals surface area contributed by atoms with Crippen LogP contribution in [0.1, 0.15) is 18.1 Å². The van der Waals surface area contributed by atoms with Crippen LogP contribution in [0.25, 0.3) is 0 Å². The Kier molecular flexibility index (Phi) is 5.05. The van der Waals surface area contributed by atoms with Gasteiger partial charge in [0.2, 0.25) is 0 Å². The number of anilines is 1. The predicted octanol–water partition coefficient (Wildman–Crippen LogP) is 4.83. The molecule has 0 heterocycles. The van der Waals surface area contributed by atoms with Crippen molar-refractivity contribution in [1.82, 2.24) is 0 Å². The zero-order valence-corrected chi connectivity index (χ0v) is 14.9. The first kappa shape index (κ1) is 17.1. The lowest BCUT2D eigenvalue weighted by Crippen LogP contribution is -2.31. The van der Waals surface area contributed by atoms with Crippen molar-refractivity contribution < 1.29 is 8.42 Å². The van der Waals surface area contributed by atoms with Crippen molar-refractivity contribution in [1.29, 1.82) is 0 Å². The van der Waals surface area contributed by atoms with Gasteiger partial charge in [-0.3, -0.25) is 4.31 Å². The molecule has 0 aliphatic heterocycles. The van der Waals surface area contributed by atoms with E-state index in [1.807, 2.05) is 32.0 Å². The third kappa shape index (κ3) is 3.24. The molecule has 0 saturated carbocycles. The molecule has 118 valence electrons. The van der Waals surface area contributed by atoms with Crippen LogP contribution in [0.3, 0.4) is 0 Å².